The number of nitrogens with zero attached hydrogens (tertiary/aromatic N) is 1. The van der Waals surface area contributed by atoms with Gasteiger partial charge < -0.3 is 15.2 Å². The summed E-state index contributed by atoms with van der Waals surface area (Å²) in [7, 11) is 0. The first-order valence-electron chi connectivity index (χ1n) is 5.81. The van der Waals surface area contributed by atoms with Crippen molar-refractivity contribution in [1.82, 2.24) is 10.2 Å². The van der Waals surface area contributed by atoms with Crippen molar-refractivity contribution in [2.45, 2.75) is 38.1 Å². The lowest BCUT2D eigenvalue weighted by molar-refractivity contribution is -0.305. The molecule has 1 spiro atoms. The van der Waals surface area contributed by atoms with Crippen LogP contribution in [0.1, 0.15) is 32.6 Å². The first-order chi connectivity index (χ1) is 7.97. The van der Waals surface area contributed by atoms with E-state index in [1.54, 1.807) is 0 Å². The number of hydrogen-bond acceptors (Lipinski definition) is 4. The second kappa shape index (κ2) is 4.01. The zero-order chi connectivity index (χ0) is 12.6. The van der Waals surface area contributed by atoms with Crippen LogP contribution in [0, 0.1) is 5.92 Å². The van der Waals surface area contributed by atoms with Gasteiger partial charge in [-0.2, -0.15) is 0 Å². The Balaban J connectivity index is 2.24. The second-order valence-electron chi connectivity index (χ2n) is 4.81. The number of amides is 3. The molecule has 0 aromatic carbocycles. The number of imide groups is 1. The number of carbonyl (C=O) groups excluding carboxylic acids is 3. The fourth-order valence-electron chi connectivity index (χ4n) is 2.77. The van der Waals surface area contributed by atoms with Gasteiger partial charge >= 0.3 is 6.03 Å². The zero-order valence-corrected chi connectivity index (χ0v) is 9.69. The first kappa shape index (κ1) is 11.9. The van der Waals surface area contributed by atoms with Crippen molar-refractivity contribution in [2.75, 3.05) is 6.54 Å². The average Bonchev–Trinajstić information content (AvgIpc) is 2.48. The Kier molecular flexibility index (Phi) is 2.81. The van der Waals surface area contributed by atoms with Crippen molar-refractivity contribution >= 4 is 17.9 Å². The van der Waals surface area contributed by atoms with Gasteiger partial charge in [0, 0.05) is 0 Å². The lowest BCUT2D eigenvalue weighted by Crippen LogP contribution is -2.54. The molecule has 2 atom stereocenters. The quantitative estimate of drug-likeness (QED) is 0.641. The van der Waals surface area contributed by atoms with Gasteiger partial charge in [-0.1, -0.05) is 19.8 Å². The summed E-state index contributed by atoms with van der Waals surface area (Å²) in [6, 6.07) is -0.618. The normalized spacial score (nSPS) is 33.0. The van der Waals surface area contributed by atoms with Crippen molar-refractivity contribution < 1.29 is 19.5 Å². The summed E-state index contributed by atoms with van der Waals surface area (Å²) in [5.74, 6) is -1.80. The number of carbonyl (C=O) groups is 3. The van der Waals surface area contributed by atoms with E-state index < -0.39 is 30.0 Å². The SMILES string of the molecule is C[C@H]1CCCC[C@]12NC(=O)N(CC(=O)[O-])C2=O. The summed E-state index contributed by atoms with van der Waals surface area (Å²) in [6.45, 7) is 1.25. The number of aliphatic carboxylic acids is 1. The van der Waals surface area contributed by atoms with Crippen molar-refractivity contribution in [3.8, 4) is 0 Å². The Bertz CT molecular complexity index is 382. The third-order valence-electron chi connectivity index (χ3n) is 3.79. The minimum absolute atomic E-state index is 0.0412. The molecule has 2 fully saturated rings. The molecule has 0 aromatic rings. The summed E-state index contributed by atoms with van der Waals surface area (Å²) in [5.41, 5.74) is -0.884. The van der Waals surface area contributed by atoms with Gasteiger partial charge in [0.25, 0.3) is 5.91 Å². The number of carboxylic acids is 1. The highest BCUT2D eigenvalue weighted by atomic mass is 16.4. The van der Waals surface area contributed by atoms with Crippen LogP contribution in [0.3, 0.4) is 0 Å². The Morgan fingerprint density at radius 2 is 2.24 bits per heavy atom. The highest BCUT2D eigenvalue weighted by Crippen LogP contribution is 2.37. The van der Waals surface area contributed by atoms with Gasteiger partial charge in [-0.3, -0.25) is 9.69 Å². The summed E-state index contributed by atoms with van der Waals surface area (Å²) in [5, 5.41) is 13.2. The lowest BCUT2D eigenvalue weighted by Gasteiger charge is -2.36. The number of hydrogen-bond donors (Lipinski definition) is 1. The summed E-state index contributed by atoms with van der Waals surface area (Å²) < 4.78 is 0. The Morgan fingerprint density at radius 1 is 1.53 bits per heavy atom. The molecule has 1 aliphatic carbocycles. The summed E-state index contributed by atoms with van der Waals surface area (Å²) in [4.78, 5) is 35.1. The van der Waals surface area contributed by atoms with E-state index in [0.29, 0.717) is 6.42 Å². The molecule has 2 rings (SSSR count). The minimum Gasteiger partial charge on any atom is -0.548 e. The van der Waals surface area contributed by atoms with Gasteiger partial charge in [-0.15, -0.1) is 0 Å². The molecule has 1 heterocycles. The van der Waals surface area contributed by atoms with Crippen LogP contribution in [-0.4, -0.2) is 34.9 Å². The van der Waals surface area contributed by atoms with Crippen LogP contribution in [0.2, 0.25) is 0 Å². The summed E-state index contributed by atoms with van der Waals surface area (Å²) in [6.07, 6.45) is 3.36. The maximum atomic E-state index is 12.2. The minimum atomic E-state index is -1.42. The van der Waals surface area contributed by atoms with Gasteiger partial charge in [0.05, 0.1) is 12.5 Å². The molecule has 94 valence electrons. The number of nitrogens with one attached hydrogen (secondary N) is 1. The van der Waals surface area contributed by atoms with E-state index in [4.69, 9.17) is 0 Å². The number of carboxylic acid groups (broad SMARTS) is 1. The highest BCUT2D eigenvalue weighted by molar-refractivity contribution is 6.08. The Hall–Kier alpha value is -1.59. The zero-order valence-electron chi connectivity index (χ0n) is 9.69. The Morgan fingerprint density at radius 3 is 2.82 bits per heavy atom. The van der Waals surface area contributed by atoms with Crippen molar-refractivity contribution in [3.63, 3.8) is 0 Å². The van der Waals surface area contributed by atoms with Crippen LogP contribution in [0.5, 0.6) is 0 Å². The van der Waals surface area contributed by atoms with E-state index in [2.05, 4.69) is 5.32 Å². The van der Waals surface area contributed by atoms with E-state index in [1.807, 2.05) is 6.92 Å². The predicted molar refractivity (Wildman–Crippen MR) is 55.6 cm³/mol. The predicted octanol–water partition coefficient (Wildman–Crippen LogP) is -0.763. The molecule has 1 saturated carbocycles. The van der Waals surface area contributed by atoms with E-state index in [1.165, 1.54) is 0 Å². The molecule has 6 heteroatoms. The third-order valence-corrected chi connectivity index (χ3v) is 3.79. The Labute approximate surface area is 99.0 Å². The van der Waals surface area contributed by atoms with Crippen molar-refractivity contribution in [2.24, 2.45) is 5.92 Å². The fourth-order valence-corrected chi connectivity index (χ4v) is 2.77. The fraction of sp³-hybridized carbons (Fsp3) is 0.727. The largest absolute Gasteiger partial charge is 0.548 e. The second-order valence-corrected chi connectivity index (χ2v) is 4.81. The number of urea groups is 1. The van der Waals surface area contributed by atoms with Gasteiger partial charge in [0.15, 0.2) is 0 Å². The molecular weight excluding hydrogens is 224 g/mol. The molecule has 3 amide bonds. The number of rotatable bonds is 2. The molecular formula is C11H15N2O4-. The summed E-state index contributed by atoms with van der Waals surface area (Å²) >= 11 is 0. The molecule has 6 nitrogen and oxygen atoms in total. The van der Waals surface area contributed by atoms with Gasteiger partial charge in [-0.25, -0.2) is 4.79 Å². The smallest absolute Gasteiger partial charge is 0.325 e. The van der Waals surface area contributed by atoms with E-state index in [-0.39, 0.29) is 5.92 Å². The highest BCUT2D eigenvalue weighted by Gasteiger charge is 2.54. The van der Waals surface area contributed by atoms with Crippen LogP contribution in [0.15, 0.2) is 0 Å². The topological polar surface area (TPSA) is 89.5 Å². The molecule has 17 heavy (non-hydrogen) atoms. The molecule has 0 radical (unpaired) electrons. The first-order valence-corrected chi connectivity index (χ1v) is 5.81. The average molecular weight is 239 g/mol. The van der Waals surface area contributed by atoms with Crippen LogP contribution in [-0.2, 0) is 9.59 Å². The van der Waals surface area contributed by atoms with Gasteiger partial charge in [-0.05, 0) is 18.8 Å². The molecule has 2 aliphatic rings. The van der Waals surface area contributed by atoms with E-state index in [0.717, 1.165) is 24.2 Å². The lowest BCUT2D eigenvalue weighted by atomic mass is 9.73. The molecule has 0 bridgehead atoms. The van der Waals surface area contributed by atoms with Crippen molar-refractivity contribution in [1.29, 1.82) is 0 Å². The van der Waals surface area contributed by atoms with Gasteiger partial charge in [0.2, 0.25) is 0 Å². The van der Waals surface area contributed by atoms with Crippen LogP contribution >= 0.6 is 0 Å². The molecule has 1 N–H and O–H groups in total. The van der Waals surface area contributed by atoms with E-state index >= 15 is 0 Å². The molecule has 1 aliphatic heterocycles. The van der Waals surface area contributed by atoms with Crippen LogP contribution in [0.25, 0.3) is 0 Å². The van der Waals surface area contributed by atoms with Crippen molar-refractivity contribution in [3.05, 3.63) is 0 Å². The molecule has 1 saturated heterocycles. The van der Waals surface area contributed by atoms with Crippen LogP contribution in [0.4, 0.5) is 4.79 Å². The molecule has 0 aromatic heterocycles. The van der Waals surface area contributed by atoms with Gasteiger partial charge in [0.1, 0.15) is 5.54 Å². The standard InChI is InChI=1S/C11H16N2O4/c1-7-4-2-3-5-11(7)9(16)13(6-8(14)15)10(17)12-11/h7H,2-6H2,1H3,(H,12,17)(H,14,15)/p-1/t7-,11-/m0/s1. The molecule has 0 unspecified atom stereocenters. The maximum absolute atomic E-state index is 12.2. The monoisotopic (exact) mass is 239 g/mol. The van der Waals surface area contributed by atoms with Crippen LogP contribution < -0.4 is 10.4 Å². The maximum Gasteiger partial charge on any atom is 0.325 e. The van der Waals surface area contributed by atoms with E-state index in [9.17, 15) is 19.5 Å². The third kappa shape index (κ3) is 1.77.